The molecule has 0 aliphatic heterocycles. The number of hydrogen-bond donors (Lipinski definition) is 6. The monoisotopic (exact) mass is 259 g/mol. The molecule has 0 heterocycles. The van der Waals surface area contributed by atoms with Crippen molar-refractivity contribution in [2.24, 2.45) is 0 Å². The van der Waals surface area contributed by atoms with Crippen LogP contribution < -0.4 is 0 Å². The number of rotatable bonds is 5. The van der Waals surface area contributed by atoms with Crippen LogP contribution in [0.1, 0.15) is 0 Å². The van der Waals surface area contributed by atoms with Crippen molar-refractivity contribution < 1.29 is 52.5 Å². The molecule has 0 aromatic rings. The SMILES string of the molecule is O=C(O)[C@@H](O)[C@@H](O)[C@@H](O)[C@H](O)CO.[Cu+2]. The van der Waals surface area contributed by atoms with Crippen LogP contribution in [0, 0.1) is 0 Å². The van der Waals surface area contributed by atoms with E-state index in [0.717, 1.165) is 0 Å². The number of carbonyl (C=O) groups is 1. The summed E-state index contributed by atoms with van der Waals surface area (Å²) in [6, 6.07) is 0. The van der Waals surface area contributed by atoms with E-state index in [2.05, 4.69) is 0 Å². The Morgan fingerprint density at radius 1 is 1.07 bits per heavy atom. The van der Waals surface area contributed by atoms with Gasteiger partial charge in [-0.2, -0.15) is 0 Å². The van der Waals surface area contributed by atoms with Crippen LogP contribution in [0.4, 0.5) is 0 Å². The molecule has 4 atom stereocenters. The largest absolute Gasteiger partial charge is 2.00 e. The molecule has 0 unspecified atom stereocenters. The molecule has 0 aliphatic carbocycles. The van der Waals surface area contributed by atoms with Gasteiger partial charge in [-0.05, 0) is 0 Å². The van der Waals surface area contributed by atoms with Crippen LogP contribution in [0.15, 0.2) is 0 Å². The van der Waals surface area contributed by atoms with Crippen molar-refractivity contribution in [3.05, 3.63) is 0 Å². The number of aliphatic carboxylic acids is 1. The van der Waals surface area contributed by atoms with Gasteiger partial charge in [-0.15, -0.1) is 0 Å². The predicted molar refractivity (Wildman–Crippen MR) is 38.7 cm³/mol. The van der Waals surface area contributed by atoms with Gasteiger partial charge in [0.15, 0.2) is 6.10 Å². The third kappa shape index (κ3) is 4.34. The molecule has 0 fully saturated rings. The topological polar surface area (TPSA) is 138 Å². The molecule has 7 nitrogen and oxygen atoms in total. The van der Waals surface area contributed by atoms with E-state index in [1.54, 1.807) is 0 Å². The molecule has 6 N–H and O–H groups in total. The number of carboxylic acids is 1. The molecule has 87 valence electrons. The zero-order valence-electron chi connectivity index (χ0n) is 6.91. The summed E-state index contributed by atoms with van der Waals surface area (Å²) in [6.07, 6.45) is -7.84. The zero-order chi connectivity index (χ0) is 10.6. The molecule has 1 radical (unpaired) electrons. The predicted octanol–water partition coefficient (Wildman–Crippen LogP) is -3.50. The Balaban J connectivity index is 0. The van der Waals surface area contributed by atoms with E-state index in [1.165, 1.54) is 0 Å². The number of aliphatic hydroxyl groups excluding tert-OH is 5. The second-order valence-electron chi connectivity index (χ2n) is 2.51. The first-order valence-electron chi connectivity index (χ1n) is 3.47. The van der Waals surface area contributed by atoms with Crippen molar-refractivity contribution in [2.75, 3.05) is 6.61 Å². The molecule has 0 bridgehead atoms. The Morgan fingerprint density at radius 2 is 1.50 bits per heavy atom. The van der Waals surface area contributed by atoms with Crippen molar-refractivity contribution in [3.63, 3.8) is 0 Å². The van der Waals surface area contributed by atoms with Gasteiger partial charge in [0.05, 0.1) is 6.61 Å². The molecule has 14 heavy (non-hydrogen) atoms. The number of hydrogen-bond acceptors (Lipinski definition) is 6. The summed E-state index contributed by atoms with van der Waals surface area (Å²) >= 11 is 0. The van der Waals surface area contributed by atoms with E-state index < -0.39 is 37.0 Å². The Labute approximate surface area is 90.1 Å². The average molecular weight is 260 g/mol. The minimum absolute atomic E-state index is 0. The average Bonchev–Trinajstić information content (AvgIpc) is 2.12. The van der Waals surface area contributed by atoms with Crippen LogP contribution in [0.25, 0.3) is 0 Å². The molecule has 0 saturated carbocycles. The van der Waals surface area contributed by atoms with Gasteiger partial charge >= 0.3 is 23.0 Å². The van der Waals surface area contributed by atoms with Crippen LogP contribution in [-0.4, -0.2) is 67.6 Å². The van der Waals surface area contributed by atoms with Gasteiger partial charge in [-0.3, -0.25) is 0 Å². The molecule has 0 aromatic carbocycles. The molecule has 0 amide bonds. The first-order valence-corrected chi connectivity index (χ1v) is 3.47. The fourth-order valence-electron chi connectivity index (χ4n) is 0.668. The standard InChI is InChI=1S/C6H12O7.Cu/c7-1-2(8)3(9)4(10)5(11)6(12)13;/h2-5,7-11H,1H2,(H,12,13);/q;+2/t2-,3+,4+,5+;/m1./s1. The smallest absolute Gasteiger partial charge is 0.479 e. The Hall–Kier alpha value is -0.211. The van der Waals surface area contributed by atoms with E-state index in [1.807, 2.05) is 0 Å². The Kier molecular flexibility index (Phi) is 8.27. The van der Waals surface area contributed by atoms with Crippen LogP contribution >= 0.6 is 0 Å². The molecule has 0 rings (SSSR count). The number of carboxylic acid groups (broad SMARTS) is 1. The quantitative estimate of drug-likeness (QED) is 0.282. The van der Waals surface area contributed by atoms with Crippen LogP contribution in [0.5, 0.6) is 0 Å². The fraction of sp³-hybridized carbons (Fsp3) is 0.833. The van der Waals surface area contributed by atoms with Gasteiger partial charge in [0.25, 0.3) is 0 Å². The van der Waals surface area contributed by atoms with E-state index in [0.29, 0.717) is 0 Å². The van der Waals surface area contributed by atoms with Crippen LogP contribution in [-0.2, 0) is 21.9 Å². The molecule has 0 aliphatic rings. The molecule has 0 aromatic heterocycles. The van der Waals surface area contributed by atoms with E-state index in [9.17, 15) is 4.79 Å². The van der Waals surface area contributed by atoms with E-state index in [4.69, 9.17) is 30.6 Å². The van der Waals surface area contributed by atoms with Crippen molar-refractivity contribution >= 4 is 5.97 Å². The van der Waals surface area contributed by atoms with E-state index in [-0.39, 0.29) is 17.1 Å². The van der Waals surface area contributed by atoms with E-state index >= 15 is 0 Å². The molecule has 0 saturated heterocycles. The van der Waals surface area contributed by atoms with Gasteiger partial charge < -0.3 is 30.6 Å². The first-order chi connectivity index (χ1) is 5.91. The second-order valence-corrected chi connectivity index (χ2v) is 2.51. The second kappa shape index (κ2) is 7.13. The van der Waals surface area contributed by atoms with Crippen molar-refractivity contribution in [2.45, 2.75) is 24.4 Å². The molecule has 0 spiro atoms. The summed E-state index contributed by atoms with van der Waals surface area (Å²) in [4.78, 5) is 10.1. The molecular formula is C6H12CuO7+2. The molecular weight excluding hydrogens is 248 g/mol. The van der Waals surface area contributed by atoms with Crippen molar-refractivity contribution in [1.29, 1.82) is 0 Å². The maximum absolute atomic E-state index is 10.1. The zero-order valence-corrected chi connectivity index (χ0v) is 7.85. The third-order valence-electron chi connectivity index (χ3n) is 1.51. The van der Waals surface area contributed by atoms with Gasteiger partial charge in [-0.1, -0.05) is 0 Å². The summed E-state index contributed by atoms with van der Waals surface area (Å²) in [5, 5.41) is 51.8. The summed E-state index contributed by atoms with van der Waals surface area (Å²) in [6.45, 7) is -0.843. The maximum atomic E-state index is 10.1. The van der Waals surface area contributed by atoms with Gasteiger partial charge in [0.1, 0.15) is 18.3 Å². The van der Waals surface area contributed by atoms with Crippen molar-refractivity contribution in [3.8, 4) is 0 Å². The van der Waals surface area contributed by atoms with Gasteiger partial charge in [-0.25, -0.2) is 4.79 Å². The Bertz CT molecular complexity index is 176. The maximum Gasteiger partial charge on any atom is 2.00 e. The minimum Gasteiger partial charge on any atom is -0.479 e. The normalized spacial score (nSPS) is 18.9. The van der Waals surface area contributed by atoms with Crippen LogP contribution in [0.2, 0.25) is 0 Å². The summed E-state index contributed by atoms with van der Waals surface area (Å²) in [7, 11) is 0. The third-order valence-corrected chi connectivity index (χ3v) is 1.51. The summed E-state index contributed by atoms with van der Waals surface area (Å²) in [5.41, 5.74) is 0. The number of aliphatic hydroxyl groups is 5. The fourth-order valence-corrected chi connectivity index (χ4v) is 0.668. The van der Waals surface area contributed by atoms with Crippen molar-refractivity contribution in [1.82, 2.24) is 0 Å². The summed E-state index contributed by atoms with van der Waals surface area (Å²) < 4.78 is 0. The van der Waals surface area contributed by atoms with Gasteiger partial charge in [0.2, 0.25) is 0 Å². The van der Waals surface area contributed by atoms with Gasteiger partial charge in [0, 0.05) is 0 Å². The first kappa shape index (κ1) is 16.2. The summed E-state index contributed by atoms with van der Waals surface area (Å²) in [5.74, 6) is -1.73. The molecule has 8 heteroatoms. The minimum atomic E-state index is -2.20. The van der Waals surface area contributed by atoms with Crippen LogP contribution in [0.3, 0.4) is 0 Å². The Morgan fingerprint density at radius 3 is 1.79 bits per heavy atom.